The number of hydrogen-bond donors (Lipinski definition) is 2. The molecule has 1 fully saturated rings. The molecule has 2 aromatic carbocycles. The number of carbonyl (C=O) groups is 2. The van der Waals surface area contributed by atoms with Gasteiger partial charge in [-0.05, 0) is 30.7 Å². The SMILES string of the molecule is CCN1C(=O)CS/C1=N\NC(=O)c1[nH]c2ccc(F)cc2c1-c1ccccc1. The van der Waals surface area contributed by atoms with Gasteiger partial charge in [0.1, 0.15) is 11.5 Å². The van der Waals surface area contributed by atoms with E-state index >= 15 is 0 Å². The Morgan fingerprint density at radius 3 is 2.82 bits per heavy atom. The number of fused-ring (bicyclic) bond motifs is 1. The highest BCUT2D eigenvalue weighted by molar-refractivity contribution is 8.15. The van der Waals surface area contributed by atoms with Gasteiger partial charge in [-0.1, -0.05) is 42.1 Å². The first-order valence-corrected chi connectivity index (χ1v) is 9.75. The van der Waals surface area contributed by atoms with Crippen LogP contribution in [0.4, 0.5) is 4.39 Å². The quantitative estimate of drug-likeness (QED) is 0.662. The zero-order chi connectivity index (χ0) is 19.7. The molecule has 1 aromatic heterocycles. The molecule has 0 spiro atoms. The van der Waals surface area contributed by atoms with Crippen molar-refractivity contribution in [3.63, 3.8) is 0 Å². The fourth-order valence-electron chi connectivity index (χ4n) is 3.19. The molecule has 2 heterocycles. The number of hydrazone groups is 1. The summed E-state index contributed by atoms with van der Waals surface area (Å²) in [6.07, 6.45) is 0. The second kappa shape index (κ2) is 7.47. The summed E-state index contributed by atoms with van der Waals surface area (Å²) in [5, 5.41) is 5.19. The second-order valence-corrected chi connectivity index (χ2v) is 7.14. The van der Waals surface area contributed by atoms with Crippen LogP contribution in [0.25, 0.3) is 22.0 Å². The molecule has 1 aliphatic rings. The number of nitrogens with one attached hydrogen (secondary N) is 2. The monoisotopic (exact) mass is 396 g/mol. The minimum atomic E-state index is -0.459. The van der Waals surface area contributed by atoms with Gasteiger partial charge < -0.3 is 4.98 Å². The fourth-order valence-corrected chi connectivity index (χ4v) is 4.09. The van der Waals surface area contributed by atoms with Crippen molar-refractivity contribution in [2.45, 2.75) is 6.92 Å². The van der Waals surface area contributed by atoms with Crippen LogP contribution >= 0.6 is 11.8 Å². The maximum absolute atomic E-state index is 13.8. The lowest BCUT2D eigenvalue weighted by atomic mass is 10.0. The first-order valence-electron chi connectivity index (χ1n) is 8.76. The van der Waals surface area contributed by atoms with Crippen LogP contribution in [-0.4, -0.2) is 39.2 Å². The van der Waals surface area contributed by atoms with Gasteiger partial charge in [0.2, 0.25) is 5.91 Å². The molecule has 1 aliphatic heterocycles. The Balaban J connectivity index is 1.74. The summed E-state index contributed by atoms with van der Waals surface area (Å²) in [6, 6.07) is 13.7. The minimum Gasteiger partial charge on any atom is -0.350 e. The van der Waals surface area contributed by atoms with Gasteiger partial charge in [0.25, 0.3) is 5.91 Å². The van der Waals surface area contributed by atoms with Crippen molar-refractivity contribution in [2.75, 3.05) is 12.3 Å². The Hall–Kier alpha value is -3.13. The maximum atomic E-state index is 13.8. The predicted molar refractivity (Wildman–Crippen MR) is 108 cm³/mol. The third-order valence-corrected chi connectivity index (χ3v) is 5.44. The summed E-state index contributed by atoms with van der Waals surface area (Å²) in [7, 11) is 0. The van der Waals surface area contributed by atoms with Crippen molar-refractivity contribution < 1.29 is 14.0 Å². The van der Waals surface area contributed by atoms with Crippen LogP contribution in [0.3, 0.4) is 0 Å². The Morgan fingerprint density at radius 1 is 1.29 bits per heavy atom. The summed E-state index contributed by atoms with van der Waals surface area (Å²) in [5.74, 6) is -0.565. The third-order valence-electron chi connectivity index (χ3n) is 4.48. The molecular formula is C20H17FN4O2S. The second-order valence-electron chi connectivity index (χ2n) is 6.19. The van der Waals surface area contributed by atoms with Crippen LogP contribution in [0, 0.1) is 5.82 Å². The largest absolute Gasteiger partial charge is 0.350 e. The fraction of sp³-hybridized carbons (Fsp3) is 0.150. The molecule has 0 aliphatic carbocycles. The molecule has 0 saturated carbocycles. The first-order chi connectivity index (χ1) is 13.6. The zero-order valence-electron chi connectivity index (χ0n) is 15.0. The van der Waals surface area contributed by atoms with E-state index in [1.54, 1.807) is 6.07 Å². The summed E-state index contributed by atoms with van der Waals surface area (Å²) >= 11 is 1.28. The summed E-state index contributed by atoms with van der Waals surface area (Å²) in [4.78, 5) is 29.2. The smallest absolute Gasteiger partial charge is 0.288 e. The van der Waals surface area contributed by atoms with Crippen molar-refractivity contribution in [1.82, 2.24) is 15.3 Å². The zero-order valence-corrected chi connectivity index (χ0v) is 15.8. The maximum Gasteiger partial charge on any atom is 0.288 e. The Kier molecular flexibility index (Phi) is 4.87. The summed E-state index contributed by atoms with van der Waals surface area (Å²) in [6.45, 7) is 2.34. The summed E-state index contributed by atoms with van der Waals surface area (Å²) < 4.78 is 13.8. The summed E-state index contributed by atoms with van der Waals surface area (Å²) in [5.41, 5.74) is 4.85. The number of amides is 2. The van der Waals surface area contributed by atoms with E-state index in [0.717, 1.165) is 5.56 Å². The highest BCUT2D eigenvalue weighted by Crippen LogP contribution is 2.33. The molecule has 2 amide bonds. The average molecular weight is 396 g/mol. The molecule has 6 nitrogen and oxygen atoms in total. The number of carbonyl (C=O) groups excluding carboxylic acids is 2. The van der Waals surface area contributed by atoms with Crippen molar-refractivity contribution in [3.05, 3.63) is 60.0 Å². The number of halogens is 1. The van der Waals surface area contributed by atoms with Crippen LogP contribution < -0.4 is 5.43 Å². The van der Waals surface area contributed by atoms with Crippen molar-refractivity contribution >= 4 is 39.6 Å². The van der Waals surface area contributed by atoms with Crippen LogP contribution in [0.2, 0.25) is 0 Å². The van der Waals surface area contributed by atoms with E-state index in [9.17, 15) is 14.0 Å². The van der Waals surface area contributed by atoms with Crippen molar-refractivity contribution in [2.24, 2.45) is 5.10 Å². The topological polar surface area (TPSA) is 77.6 Å². The van der Waals surface area contributed by atoms with E-state index in [0.29, 0.717) is 33.9 Å². The number of thioether (sulfide) groups is 1. The van der Waals surface area contributed by atoms with Crippen LogP contribution in [0.5, 0.6) is 0 Å². The molecule has 1 saturated heterocycles. The normalized spacial score (nSPS) is 15.6. The van der Waals surface area contributed by atoms with Gasteiger partial charge in [-0.25, -0.2) is 9.82 Å². The molecule has 0 bridgehead atoms. The number of H-pyrrole nitrogens is 1. The average Bonchev–Trinajstić information content (AvgIpc) is 3.26. The van der Waals surface area contributed by atoms with E-state index in [1.165, 1.54) is 28.8 Å². The molecule has 3 aromatic rings. The van der Waals surface area contributed by atoms with Gasteiger partial charge in [-0.2, -0.15) is 0 Å². The van der Waals surface area contributed by atoms with Gasteiger partial charge in [0.05, 0.1) is 5.75 Å². The lowest BCUT2D eigenvalue weighted by Gasteiger charge is -2.12. The van der Waals surface area contributed by atoms with Gasteiger partial charge in [0.15, 0.2) is 5.17 Å². The van der Waals surface area contributed by atoms with Crippen molar-refractivity contribution in [3.8, 4) is 11.1 Å². The Bertz CT molecular complexity index is 1090. The van der Waals surface area contributed by atoms with E-state index in [1.807, 2.05) is 37.3 Å². The van der Waals surface area contributed by atoms with E-state index in [2.05, 4.69) is 15.5 Å². The lowest BCUT2D eigenvalue weighted by molar-refractivity contribution is -0.123. The molecule has 142 valence electrons. The van der Waals surface area contributed by atoms with Crippen molar-refractivity contribution in [1.29, 1.82) is 0 Å². The third kappa shape index (κ3) is 3.27. The number of aromatic amines is 1. The predicted octanol–water partition coefficient (Wildman–Crippen LogP) is 3.57. The molecule has 0 atom stereocenters. The minimum absolute atomic E-state index is 0.0356. The van der Waals surface area contributed by atoms with E-state index in [4.69, 9.17) is 0 Å². The Labute approximate surface area is 164 Å². The van der Waals surface area contributed by atoms with Crippen LogP contribution in [0.15, 0.2) is 53.6 Å². The van der Waals surface area contributed by atoms with Gasteiger partial charge in [-0.15, -0.1) is 5.10 Å². The van der Waals surface area contributed by atoms with E-state index in [-0.39, 0.29) is 17.4 Å². The number of benzene rings is 2. The van der Waals surface area contributed by atoms with Crippen LogP contribution in [0.1, 0.15) is 17.4 Å². The van der Waals surface area contributed by atoms with E-state index < -0.39 is 5.91 Å². The number of aromatic nitrogens is 1. The number of amidine groups is 1. The number of hydrogen-bond acceptors (Lipinski definition) is 4. The molecule has 4 rings (SSSR count). The van der Waals surface area contributed by atoms with Gasteiger partial charge >= 0.3 is 0 Å². The first kappa shape index (κ1) is 18.2. The number of rotatable bonds is 4. The lowest BCUT2D eigenvalue weighted by Crippen LogP contribution is -2.31. The molecule has 0 unspecified atom stereocenters. The standard InChI is InChI=1S/C20H17FN4O2S/c1-2-25-16(26)11-28-20(25)24-23-19(27)18-17(12-6-4-3-5-7-12)14-10-13(21)8-9-15(14)22-18/h3-10,22H,2,11H2,1H3,(H,23,27)/b24-20-. The molecule has 2 N–H and O–H groups in total. The van der Waals surface area contributed by atoms with Crippen LogP contribution in [-0.2, 0) is 4.79 Å². The highest BCUT2D eigenvalue weighted by Gasteiger charge is 2.27. The van der Waals surface area contributed by atoms with Gasteiger partial charge in [-0.3, -0.25) is 14.5 Å². The number of nitrogens with zero attached hydrogens (tertiary/aromatic N) is 2. The molecule has 28 heavy (non-hydrogen) atoms. The molecular weight excluding hydrogens is 379 g/mol. The molecule has 8 heteroatoms. The molecule has 0 radical (unpaired) electrons. The Morgan fingerprint density at radius 2 is 2.07 bits per heavy atom. The van der Waals surface area contributed by atoms with Gasteiger partial charge in [0, 0.05) is 23.0 Å². The highest BCUT2D eigenvalue weighted by atomic mass is 32.2.